The highest BCUT2D eigenvalue weighted by atomic mass is 35.5. The number of hydrogen-bond donors (Lipinski definition) is 2. The van der Waals surface area contributed by atoms with E-state index in [2.05, 4.69) is 20.7 Å². The van der Waals surface area contributed by atoms with Crippen molar-refractivity contribution >= 4 is 29.1 Å². The topological polar surface area (TPSA) is 90.3 Å². The van der Waals surface area contributed by atoms with Crippen molar-refractivity contribution < 1.29 is 18.7 Å². The van der Waals surface area contributed by atoms with E-state index in [9.17, 15) is 9.18 Å². The first-order valence-electron chi connectivity index (χ1n) is 11.4. The van der Waals surface area contributed by atoms with Gasteiger partial charge in [-0.25, -0.2) is 9.07 Å². The maximum Gasteiger partial charge on any atom is 0.255 e. The van der Waals surface area contributed by atoms with Gasteiger partial charge in [-0.05, 0) is 66.6 Å². The molecule has 0 radical (unpaired) electrons. The standard InChI is InChI=1S/C27H23ClFN5O3/c1-16-24(26(35)33-21-10-6-19(28)7-11-21)25(34-27(32-16)30-15-31-34)18-5-12-22(23(13-18)36-2)37-14-17-3-8-20(29)9-4-17/h3-13,15,25H,14H2,1-2H3,(H,33,35)(H,30,31,32)/t25-/m1/s1. The first kappa shape index (κ1) is 24.3. The number of anilines is 2. The molecule has 10 heteroatoms. The van der Waals surface area contributed by atoms with Crippen molar-refractivity contribution in [1.82, 2.24) is 14.8 Å². The number of rotatable bonds is 7. The lowest BCUT2D eigenvalue weighted by Gasteiger charge is -2.29. The molecule has 188 valence electrons. The molecule has 3 aromatic carbocycles. The van der Waals surface area contributed by atoms with Crippen LogP contribution in [-0.2, 0) is 11.4 Å². The molecular formula is C27H23ClFN5O3. The van der Waals surface area contributed by atoms with Gasteiger partial charge in [0.1, 0.15) is 24.8 Å². The van der Waals surface area contributed by atoms with Gasteiger partial charge in [-0.15, -0.1) is 0 Å². The van der Waals surface area contributed by atoms with Gasteiger partial charge >= 0.3 is 0 Å². The van der Waals surface area contributed by atoms with Crippen molar-refractivity contribution in [1.29, 1.82) is 0 Å². The highest BCUT2D eigenvalue weighted by molar-refractivity contribution is 6.30. The Hall–Kier alpha value is -4.37. The Balaban J connectivity index is 1.46. The predicted molar refractivity (Wildman–Crippen MR) is 138 cm³/mol. The molecule has 0 bridgehead atoms. The van der Waals surface area contributed by atoms with Gasteiger partial charge in [0.2, 0.25) is 5.95 Å². The molecule has 1 atom stereocenters. The number of hydrogen-bond acceptors (Lipinski definition) is 6. The number of carbonyl (C=O) groups is 1. The minimum Gasteiger partial charge on any atom is -0.493 e. The Morgan fingerprint density at radius 2 is 1.86 bits per heavy atom. The summed E-state index contributed by atoms with van der Waals surface area (Å²) in [6.07, 6.45) is 1.43. The molecular weight excluding hydrogens is 497 g/mol. The summed E-state index contributed by atoms with van der Waals surface area (Å²) in [5.41, 5.74) is 3.29. The predicted octanol–water partition coefficient (Wildman–Crippen LogP) is 5.59. The van der Waals surface area contributed by atoms with Crippen LogP contribution in [-0.4, -0.2) is 27.8 Å². The maximum atomic E-state index is 13.5. The van der Waals surface area contributed by atoms with Crippen molar-refractivity contribution in [3.63, 3.8) is 0 Å². The molecule has 1 aliphatic rings. The van der Waals surface area contributed by atoms with Crippen molar-refractivity contribution in [2.75, 3.05) is 17.7 Å². The molecule has 0 fully saturated rings. The Kier molecular flexibility index (Phi) is 6.78. The van der Waals surface area contributed by atoms with E-state index in [1.807, 2.05) is 19.1 Å². The van der Waals surface area contributed by atoms with Crippen molar-refractivity contribution in [3.8, 4) is 11.5 Å². The number of benzene rings is 3. The number of amides is 1. The molecule has 1 amide bonds. The van der Waals surface area contributed by atoms with Gasteiger partial charge < -0.3 is 20.1 Å². The summed E-state index contributed by atoms with van der Waals surface area (Å²) in [5, 5.41) is 11.0. The Morgan fingerprint density at radius 1 is 1.11 bits per heavy atom. The minimum atomic E-state index is -0.578. The number of fused-ring (bicyclic) bond motifs is 1. The SMILES string of the molecule is COc1cc([C@@H]2C(C(=O)Nc3ccc(Cl)cc3)=C(C)Nc3ncnn32)ccc1OCc1ccc(F)cc1. The van der Waals surface area contributed by atoms with Gasteiger partial charge in [0.25, 0.3) is 5.91 Å². The van der Waals surface area contributed by atoms with Crippen molar-refractivity contribution in [3.05, 3.63) is 106 Å². The summed E-state index contributed by atoms with van der Waals surface area (Å²) in [6.45, 7) is 2.06. The first-order chi connectivity index (χ1) is 17.9. The Morgan fingerprint density at radius 3 is 2.59 bits per heavy atom. The number of halogens is 2. The van der Waals surface area contributed by atoms with Crippen LogP contribution in [0.4, 0.5) is 16.0 Å². The molecule has 0 aliphatic carbocycles. The van der Waals surface area contributed by atoms with Crippen LogP contribution in [0.25, 0.3) is 0 Å². The number of ether oxygens (including phenoxy) is 2. The van der Waals surface area contributed by atoms with Gasteiger partial charge in [-0.2, -0.15) is 10.1 Å². The van der Waals surface area contributed by atoms with Crippen LogP contribution in [0.5, 0.6) is 11.5 Å². The second kappa shape index (κ2) is 10.3. The third-order valence-electron chi connectivity index (χ3n) is 5.95. The van der Waals surface area contributed by atoms with E-state index < -0.39 is 6.04 Å². The second-order valence-electron chi connectivity index (χ2n) is 8.38. The van der Waals surface area contributed by atoms with Gasteiger partial charge in [-0.3, -0.25) is 4.79 Å². The molecule has 0 spiro atoms. The molecule has 1 aliphatic heterocycles. The summed E-state index contributed by atoms with van der Waals surface area (Å²) >= 11 is 5.98. The molecule has 37 heavy (non-hydrogen) atoms. The van der Waals surface area contributed by atoms with Crippen LogP contribution in [0, 0.1) is 5.82 Å². The van der Waals surface area contributed by atoms with Crippen LogP contribution >= 0.6 is 11.6 Å². The van der Waals surface area contributed by atoms with Crippen LogP contribution < -0.4 is 20.1 Å². The number of nitrogens with zero attached hydrogens (tertiary/aromatic N) is 3. The quantitative estimate of drug-likeness (QED) is 0.331. The van der Waals surface area contributed by atoms with Crippen molar-refractivity contribution in [2.24, 2.45) is 0 Å². The molecule has 0 saturated heterocycles. The highest BCUT2D eigenvalue weighted by Gasteiger charge is 2.34. The zero-order chi connectivity index (χ0) is 25.9. The third kappa shape index (κ3) is 5.12. The van der Waals surface area contributed by atoms with E-state index in [0.29, 0.717) is 39.4 Å². The van der Waals surface area contributed by atoms with Crippen LogP contribution in [0.2, 0.25) is 5.02 Å². The molecule has 8 nitrogen and oxygen atoms in total. The fraction of sp³-hybridized carbons (Fsp3) is 0.148. The van der Waals surface area contributed by atoms with Crippen LogP contribution in [0.1, 0.15) is 24.1 Å². The zero-order valence-corrected chi connectivity index (χ0v) is 20.8. The smallest absolute Gasteiger partial charge is 0.255 e. The summed E-state index contributed by atoms with van der Waals surface area (Å²) in [5.74, 6) is 0.903. The van der Waals surface area contributed by atoms with E-state index in [4.69, 9.17) is 21.1 Å². The molecule has 2 heterocycles. The average molecular weight is 520 g/mol. The van der Waals surface area contributed by atoms with E-state index in [-0.39, 0.29) is 18.3 Å². The largest absolute Gasteiger partial charge is 0.493 e. The number of aromatic nitrogens is 3. The van der Waals surface area contributed by atoms with E-state index in [1.54, 1.807) is 54.3 Å². The van der Waals surface area contributed by atoms with Gasteiger partial charge in [-0.1, -0.05) is 29.8 Å². The summed E-state index contributed by atoms with van der Waals surface area (Å²) in [6, 6.07) is 17.8. The average Bonchev–Trinajstić information content (AvgIpc) is 3.37. The molecule has 2 N–H and O–H groups in total. The maximum absolute atomic E-state index is 13.5. The first-order valence-corrected chi connectivity index (χ1v) is 11.8. The second-order valence-corrected chi connectivity index (χ2v) is 8.82. The minimum absolute atomic E-state index is 0.240. The highest BCUT2D eigenvalue weighted by Crippen LogP contribution is 2.39. The molecule has 0 saturated carbocycles. The number of allylic oxidation sites excluding steroid dienone is 1. The molecule has 1 aromatic heterocycles. The van der Waals surface area contributed by atoms with Crippen LogP contribution in [0.3, 0.4) is 0 Å². The normalized spacial score (nSPS) is 14.5. The Labute approximate surface area is 217 Å². The fourth-order valence-corrected chi connectivity index (χ4v) is 4.27. The Bertz CT molecular complexity index is 1470. The molecule has 4 aromatic rings. The van der Waals surface area contributed by atoms with E-state index >= 15 is 0 Å². The van der Waals surface area contributed by atoms with Gasteiger partial charge in [0, 0.05) is 16.4 Å². The van der Waals surface area contributed by atoms with E-state index in [0.717, 1.165) is 11.1 Å². The van der Waals surface area contributed by atoms with Gasteiger partial charge in [0.15, 0.2) is 11.5 Å². The molecule has 5 rings (SSSR count). The number of carbonyl (C=O) groups excluding carboxylic acids is 1. The van der Waals surface area contributed by atoms with Crippen molar-refractivity contribution in [2.45, 2.75) is 19.6 Å². The summed E-state index contributed by atoms with van der Waals surface area (Å²) in [7, 11) is 1.54. The molecule has 0 unspecified atom stereocenters. The monoisotopic (exact) mass is 519 g/mol. The van der Waals surface area contributed by atoms with Crippen LogP contribution in [0.15, 0.2) is 84.3 Å². The fourth-order valence-electron chi connectivity index (χ4n) is 4.14. The lowest BCUT2D eigenvalue weighted by molar-refractivity contribution is -0.113. The number of methoxy groups -OCH3 is 1. The van der Waals surface area contributed by atoms with E-state index in [1.165, 1.54) is 18.5 Å². The lowest BCUT2D eigenvalue weighted by Crippen LogP contribution is -2.31. The number of nitrogens with one attached hydrogen (secondary N) is 2. The third-order valence-corrected chi connectivity index (χ3v) is 6.20. The summed E-state index contributed by atoms with van der Waals surface area (Å²) in [4.78, 5) is 17.8. The lowest BCUT2D eigenvalue weighted by atomic mass is 9.94. The zero-order valence-electron chi connectivity index (χ0n) is 20.0. The summed E-state index contributed by atoms with van der Waals surface area (Å²) < 4.78 is 26.4. The van der Waals surface area contributed by atoms with Gasteiger partial charge in [0.05, 0.1) is 12.7 Å².